The number of hydrogen-bond donors (Lipinski definition) is 2. The van der Waals surface area contributed by atoms with Gasteiger partial charge in [-0.1, -0.05) is 65.7 Å². The van der Waals surface area contributed by atoms with E-state index in [4.69, 9.17) is 23.2 Å². The minimum Gasteiger partial charge on any atom is -0.272 e. The maximum absolute atomic E-state index is 12.2. The molecule has 2 N–H and O–H groups in total. The molecule has 2 aromatic carbocycles. The third-order valence-electron chi connectivity index (χ3n) is 3.67. The number of amides is 1. The number of allylic oxidation sites excluding steroid dienone is 1. The van der Waals surface area contributed by atoms with E-state index < -0.39 is 5.91 Å². The zero-order chi connectivity index (χ0) is 19.2. The Labute approximate surface area is 166 Å². The van der Waals surface area contributed by atoms with Gasteiger partial charge in [0, 0.05) is 5.56 Å². The quantitative estimate of drug-likeness (QED) is 0.457. The van der Waals surface area contributed by atoms with Crippen LogP contribution >= 0.6 is 23.2 Å². The van der Waals surface area contributed by atoms with Gasteiger partial charge in [0.05, 0.1) is 22.0 Å². The van der Waals surface area contributed by atoms with Gasteiger partial charge in [0.25, 0.3) is 5.91 Å². The van der Waals surface area contributed by atoms with Gasteiger partial charge < -0.3 is 0 Å². The van der Waals surface area contributed by atoms with Crippen molar-refractivity contribution in [2.45, 2.75) is 6.92 Å². The Morgan fingerprint density at radius 1 is 1.11 bits per heavy atom. The molecule has 0 spiro atoms. The number of halogens is 2. The maximum Gasteiger partial charge on any atom is 0.289 e. The molecule has 0 fully saturated rings. The van der Waals surface area contributed by atoms with E-state index in [9.17, 15) is 4.79 Å². The maximum atomic E-state index is 12.2. The summed E-state index contributed by atoms with van der Waals surface area (Å²) in [6.07, 6.45) is 3.55. The van der Waals surface area contributed by atoms with E-state index in [0.29, 0.717) is 15.7 Å². The Balaban J connectivity index is 1.64. The molecular weight excluding hydrogens is 383 g/mol. The lowest BCUT2D eigenvalue weighted by atomic mass is 10.1. The van der Waals surface area contributed by atoms with Crippen molar-refractivity contribution in [3.63, 3.8) is 0 Å². The van der Waals surface area contributed by atoms with Crippen molar-refractivity contribution < 1.29 is 4.79 Å². The van der Waals surface area contributed by atoms with E-state index in [1.165, 1.54) is 0 Å². The second kappa shape index (κ2) is 8.66. The van der Waals surface area contributed by atoms with Gasteiger partial charge in [0.1, 0.15) is 5.69 Å². The number of carbonyl (C=O) groups excluding carboxylic acids is 1. The predicted molar refractivity (Wildman–Crippen MR) is 110 cm³/mol. The molecule has 7 heteroatoms. The summed E-state index contributed by atoms with van der Waals surface area (Å²) in [6, 6.07) is 16.6. The molecule has 0 aliphatic rings. The van der Waals surface area contributed by atoms with E-state index in [1.807, 2.05) is 43.3 Å². The van der Waals surface area contributed by atoms with Crippen LogP contribution in [-0.4, -0.2) is 22.3 Å². The van der Waals surface area contributed by atoms with E-state index in [1.54, 1.807) is 30.5 Å². The van der Waals surface area contributed by atoms with Crippen LogP contribution in [0.3, 0.4) is 0 Å². The van der Waals surface area contributed by atoms with Crippen molar-refractivity contribution in [3.8, 4) is 11.3 Å². The molecule has 0 saturated carbocycles. The summed E-state index contributed by atoms with van der Waals surface area (Å²) >= 11 is 11.9. The fourth-order valence-corrected chi connectivity index (χ4v) is 2.64. The van der Waals surface area contributed by atoms with Crippen molar-refractivity contribution in [2.75, 3.05) is 0 Å². The predicted octanol–water partition coefficient (Wildman–Crippen LogP) is 5.20. The minimum atomic E-state index is -0.391. The average molecular weight is 399 g/mol. The van der Waals surface area contributed by atoms with Crippen molar-refractivity contribution in [1.82, 2.24) is 15.6 Å². The first-order valence-corrected chi connectivity index (χ1v) is 8.86. The molecule has 3 aromatic rings. The van der Waals surface area contributed by atoms with Crippen LogP contribution in [0.2, 0.25) is 10.0 Å². The Morgan fingerprint density at radius 3 is 2.63 bits per heavy atom. The van der Waals surface area contributed by atoms with Gasteiger partial charge in [-0.05, 0) is 36.3 Å². The summed E-state index contributed by atoms with van der Waals surface area (Å²) in [5, 5.41) is 11.7. The lowest BCUT2D eigenvalue weighted by Gasteiger charge is -1.99. The van der Waals surface area contributed by atoms with Crippen LogP contribution in [0.5, 0.6) is 0 Å². The summed E-state index contributed by atoms with van der Waals surface area (Å²) < 4.78 is 0. The van der Waals surface area contributed by atoms with Gasteiger partial charge in [0.2, 0.25) is 0 Å². The fraction of sp³-hybridized carbons (Fsp3) is 0.0500. The van der Waals surface area contributed by atoms with Crippen LogP contribution in [0.15, 0.2) is 65.3 Å². The number of nitrogens with one attached hydrogen (secondary N) is 2. The molecule has 0 atom stereocenters. The standard InChI is InChI=1S/C20H16Cl2N4O/c1-13(9-14-5-3-2-4-6-14)12-23-26-20(27)19-11-18(24-25-19)15-7-8-16(21)17(22)10-15/h2-12H,1H3,(H,24,25)(H,26,27)/b13-9+,23-12-. The number of nitrogens with zero attached hydrogens (tertiary/aromatic N) is 2. The topological polar surface area (TPSA) is 70.1 Å². The van der Waals surface area contributed by atoms with E-state index in [0.717, 1.165) is 16.7 Å². The number of carbonyl (C=O) groups is 1. The van der Waals surface area contributed by atoms with Crippen molar-refractivity contribution in [2.24, 2.45) is 5.10 Å². The van der Waals surface area contributed by atoms with E-state index >= 15 is 0 Å². The fourth-order valence-electron chi connectivity index (χ4n) is 2.34. The van der Waals surface area contributed by atoms with Gasteiger partial charge in [0.15, 0.2) is 0 Å². The largest absolute Gasteiger partial charge is 0.289 e. The number of aromatic nitrogens is 2. The van der Waals surface area contributed by atoms with Crippen molar-refractivity contribution in [3.05, 3.63) is 81.5 Å². The normalized spacial score (nSPS) is 11.7. The molecule has 27 heavy (non-hydrogen) atoms. The summed E-state index contributed by atoms with van der Waals surface area (Å²) in [5.41, 5.74) is 6.07. The molecule has 136 valence electrons. The van der Waals surface area contributed by atoms with Gasteiger partial charge in [-0.25, -0.2) is 5.43 Å². The van der Waals surface area contributed by atoms with Crippen LogP contribution in [0, 0.1) is 0 Å². The second-order valence-electron chi connectivity index (χ2n) is 5.79. The van der Waals surface area contributed by atoms with E-state index in [-0.39, 0.29) is 5.69 Å². The van der Waals surface area contributed by atoms with E-state index in [2.05, 4.69) is 20.7 Å². The van der Waals surface area contributed by atoms with Crippen LogP contribution in [0.4, 0.5) is 0 Å². The number of H-pyrrole nitrogens is 1. The lowest BCUT2D eigenvalue weighted by molar-refractivity contribution is 0.0950. The zero-order valence-corrected chi connectivity index (χ0v) is 15.9. The van der Waals surface area contributed by atoms with Gasteiger partial charge >= 0.3 is 0 Å². The zero-order valence-electron chi connectivity index (χ0n) is 14.4. The van der Waals surface area contributed by atoms with Crippen molar-refractivity contribution >= 4 is 41.4 Å². The summed E-state index contributed by atoms with van der Waals surface area (Å²) in [6.45, 7) is 1.90. The van der Waals surface area contributed by atoms with Gasteiger partial charge in [-0.3, -0.25) is 9.89 Å². The van der Waals surface area contributed by atoms with Crippen LogP contribution < -0.4 is 5.43 Å². The number of hydrogen-bond acceptors (Lipinski definition) is 3. The lowest BCUT2D eigenvalue weighted by Crippen LogP contribution is -2.17. The highest BCUT2D eigenvalue weighted by Crippen LogP contribution is 2.27. The molecule has 0 aliphatic carbocycles. The molecule has 3 rings (SSSR count). The second-order valence-corrected chi connectivity index (χ2v) is 6.61. The number of aromatic amines is 1. The Kier molecular flexibility index (Phi) is 6.06. The SMILES string of the molecule is CC(/C=N\NC(=O)c1cc(-c2ccc(Cl)c(Cl)c2)n[nH]1)=C\c1ccccc1. The molecule has 0 unspecified atom stereocenters. The molecule has 0 aliphatic heterocycles. The summed E-state index contributed by atoms with van der Waals surface area (Å²) in [7, 11) is 0. The third-order valence-corrected chi connectivity index (χ3v) is 4.41. The summed E-state index contributed by atoms with van der Waals surface area (Å²) in [5.74, 6) is -0.391. The molecule has 1 aromatic heterocycles. The first-order chi connectivity index (χ1) is 13.0. The smallest absolute Gasteiger partial charge is 0.272 e. The number of benzene rings is 2. The van der Waals surface area contributed by atoms with Gasteiger partial charge in [-0.2, -0.15) is 10.2 Å². The Bertz CT molecular complexity index is 1010. The minimum absolute atomic E-state index is 0.290. The first kappa shape index (κ1) is 18.9. The molecule has 0 saturated heterocycles. The van der Waals surface area contributed by atoms with Crippen LogP contribution in [0.25, 0.3) is 17.3 Å². The summed E-state index contributed by atoms with van der Waals surface area (Å²) in [4.78, 5) is 12.2. The number of rotatable bonds is 5. The Hall–Kier alpha value is -2.89. The molecule has 0 bridgehead atoms. The highest BCUT2D eigenvalue weighted by molar-refractivity contribution is 6.42. The molecular formula is C20H16Cl2N4O. The molecule has 1 amide bonds. The van der Waals surface area contributed by atoms with Crippen molar-refractivity contribution in [1.29, 1.82) is 0 Å². The Morgan fingerprint density at radius 2 is 1.89 bits per heavy atom. The monoisotopic (exact) mass is 398 g/mol. The van der Waals surface area contributed by atoms with Crippen LogP contribution in [-0.2, 0) is 0 Å². The third kappa shape index (κ3) is 5.06. The highest BCUT2D eigenvalue weighted by atomic mass is 35.5. The first-order valence-electron chi connectivity index (χ1n) is 8.10. The molecule has 0 radical (unpaired) electrons. The number of hydrazone groups is 1. The molecule has 1 heterocycles. The highest BCUT2D eigenvalue weighted by Gasteiger charge is 2.11. The van der Waals surface area contributed by atoms with Crippen LogP contribution in [0.1, 0.15) is 23.0 Å². The molecule has 5 nitrogen and oxygen atoms in total. The average Bonchev–Trinajstić information content (AvgIpc) is 3.15. The van der Waals surface area contributed by atoms with Gasteiger partial charge in [-0.15, -0.1) is 0 Å².